The van der Waals surface area contributed by atoms with Crippen LogP contribution in [0.4, 0.5) is 0 Å². The lowest BCUT2D eigenvalue weighted by atomic mass is 9.88. The van der Waals surface area contributed by atoms with Crippen LogP contribution < -0.4 is 5.32 Å². The van der Waals surface area contributed by atoms with E-state index in [4.69, 9.17) is 0 Å². The maximum absolute atomic E-state index is 4.32. The van der Waals surface area contributed by atoms with E-state index in [1.165, 1.54) is 25.7 Å². The first-order valence-electron chi connectivity index (χ1n) is 6.19. The Morgan fingerprint density at radius 2 is 2.12 bits per heavy atom. The molecule has 0 aliphatic heterocycles. The Labute approximate surface area is 97.7 Å². The average molecular weight is 219 g/mol. The fourth-order valence-corrected chi connectivity index (χ4v) is 2.44. The van der Waals surface area contributed by atoms with Gasteiger partial charge in [0.2, 0.25) is 0 Å². The van der Waals surface area contributed by atoms with E-state index in [0.717, 1.165) is 12.2 Å². The predicted octanol–water partition coefficient (Wildman–Crippen LogP) is 2.71. The van der Waals surface area contributed by atoms with Crippen LogP contribution in [0.3, 0.4) is 0 Å². The summed E-state index contributed by atoms with van der Waals surface area (Å²) in [5.41, 5.74) is 1.53. The molecule has 1 unspecified atom stereocenters. The number of nitrogens with zero attached hydrogens (tertiary/aromatic N) is 2. The normalized spacial score (nSPS) is 20.9. The molecule has 2 rings (SSSR count). The molecule has 1 aliphatic carbocycles. The quantitative estimate of drug-likeness (QED) is 0.846. The highest BCUT2D eigenvalue weighted by Crippen LogP contribution is 2.37. The van der Waals surface area contributed by atoms with Gasteiger partial charge in [0.1, 0.15) is 0 Å². The van der Waals surface area contributed by atoms with Gasteiger partial charge in [0, 0.05) is 31.2 Å². The van der Waals surface area contributed by atoms with Crippen LogP contribution >= 0.6 is 0 Å². The lowest BCUT2D eigenvalue weighted by Gasteiger charge is -2.26. The molecule has 1 fully saturated rings. The van der Waals surface area contributed by atoms with Crippen molar-refractivity contribution in [2.75, 3.05) is 6.54 Å². The zero-order valence-corrected chi connectivity index (χ0v) is 10.2. The van der Waals surface area contributed by atoms with Gasteiger partial charge in [-0.15, -0.1) is 0 Å². The molecular weight excluding hydrogens is 198 g/mol. The van der Waals surface area contributed by atoms with E-state index in [9.17, 15) is 0 Å². The molecule has 1 aliphatic rings. The van der Waals surface area contributed by atoms with Crippen molar-refractivity contribution in [3.8, 4) is 0 Å². The van der Waals surface area contributed by atoms with Crippen molar-refractivity contribution in [2.45, 2.75) is 45.6 Å². The number of aromatic nitrogens is 2. The van der Waals surface area contributed by atoms with Gasteiger partial charge in [-0.2, -0.15) is 0 Å². The second kappa shape index (κ2) is 4.91. The van der Waals surface area contributed by atoms with Crippen molar-refractivity contribution in [1.29, 1.82) is 0 Å². The molecule has 1 saturated carbocycles. The van der Waals surface area contributed by atoms with E-state index in [0.29, 0.717) is 11.5 Å². The van der Waals surface area contributed by atoms with Gasteiger partial charge in [-0.1, -0.05) is 19.8 Å². The molecule has 3 nitrogen and oxygen atoms in total. The maximum Gasteiger partial charge on any atom is 0.0753 e. The van der Waals surface area contributed by atoms with Crippen molar-refractivity contribution >= 4 is 0 Å². The summed E-state index contributed by atoms with van der Waals surface area (Å²) in [5, 5.41) is 3.58. The van der Waals surface area contributed by atoms with Crippen LogP contribution in [0.2, 0.25) is 0 Å². The number of hydrogen-bond acceptors (Lipinski definition) is 3. The Morgan fingerprint density at radius 3 is 2.75 bits per heavy atom. The summed E-state index contributed by atoms with van der Waals surface area (Å²) >= 11 is 0. The second-order valence-corrected chi connectivity index (χ2v) is 5.25. The van der Waals surface area contributed by atoms with Gasteiger partial charge in [-0.25, -0.2) is 0 Å². The molecule has 1 N–H and O–H groups in total. The van der Waals surface area contributed by atoms with Gasteiger partial charge in [0.25, 0.3) is 0 Å². The Morgan fingerprint density at radius 1 is 1.38 bits per heavy atom. The highest BCUT2D eigenvalue weighted by molar-refractivity contribution is 5.01. The molecule has 0 saturated heterocycles. The molecule has 0 aromatic carbocycles. The number of rotatable bonds is 4. The smallest absolute Gasteiger partial charge is 0.0753 e. The number of nitrogens with one attached hydrogen (secondary N) is 1. The SMILES string of the molecule is CC(NCC1(C)CCCC1)c1cnccn1. The molecule has 16 heavy (non-hydrogen) atoms. The van der Waals surface area contributed by atoms with E-state index in [1.54, 1.807) is 12.4 Å². The Hall–Kier alpha value is -0.960. The zero-order chi connectivity index (χ0) is 11.4. The molecule has 88 valence electrons. The fraction of sp³-hybridized carbons (Fsp3) is 0.692. The summed E-state index contributed by atoms with van der Waals surface area (Å²) in [6.45, 7) is 5.63. The van der Waals surface area contributed by atoms with Gasteiger partial charge in [0.15, 0.2) is 0 Å². The first-order valence-corrected chi connectivity index (χ1v) is 6.19. The highest BCUT2D eigenvalue weighted by atomic mass is 15.0. The predicted molar refractivity (Wildman–Crippen MR) is 65.0 cm³/mol. The lowest BCUT2D eigenvalue weighted by Crippen LogP contribution is -2.31. The second-order valence-electron chi connectivity index (χ2n) is 5.25. The minimum atomic E-state index is 0.297. The van der Waals surface area contributed by atoms with Crippen LogP contribution in [-0.4, -0.2) is 16.5 Å². The van der Waals surface area contributed by atoms with Crippen LogP contribution in [0.5, 0.6) is 0 Å². The third-order valence-electron chi connectivity index (χ3n) is 3.67. The van der Waals surface area contributed by atoms with Crippen molar-refractivity contribution in [3.05, 3.63) is 24.3 Å². The molecule has 1 heterocycles. The Kier molecular flexibility index (Phi) is 3.54. The largest absolute Gasteiger partial charge is 0.308 e. The summed E-state index contributed by atoms with van der Waals surface area (Å²) in [4.78, 5) is 8.42. The van der Waals surface area contributed by atoms with E-state index in [2.05, 4.69) is 29.1 Å². The molecule has 1 aromatic rings. The lowest BCUT2D eigenvalue weighted by molar-refractivity contribution is 0.300. The van der Waals surface area contributed by atoms with Crippen LogP contribution in [0.25, 0.3) is 0 Å². The third kappa shape index (κ3) is 2.79. The summed E-state index contributed by atoms with van der Waals surface area (Å²) in [6.07, 6.45) is 10.8. The van der Waals surface area contributed by atoms with Gasteiger partial charge in [0.05, 0.1) is 5.69 Å². The molecule has 0 bridgehead atoms. The van der Waals surface area contributed by atoms with E-state index >= 15 is 0 Å². The fourth-order valence-electron chi connectivity index (χ4n) is 2.44. The topological polar surface area (TPSA) is 37.8 Å². The summed E-state index contributed by atoms with van der Waals surface area (Å²) in [7, 11) is 0. The minimum absolute atomic E-state index is 0.297. The van der Waals surface area contributed by atoms with Crippen LogP contribution in [0, 0.1) is 5.41 Å². The van der Waals surface area contributed by atoms with Crippen LogP contribution in [0.15, 0.2) is 18.6 Å². The van der Waals surface area contributed by atoms with Gasteiger partial charge >= 0.3 is 0 Å². The van der Waals surface area contributed by atoms with E-state index < -0.39 is 0 Å². The van der Waals surface area contributed by atoms with Gasteiger partial charge in [-0.3, -0.25) is 9.97 Å². The van der Waals surface area contributed by atoms with Crippen LogP contribution in [0.1, 0.15) is 51.3 Å². The summed E-state index contributed by atoms with van der Waals surface area (Å²) < 4.78 is 0. The van der Waals surface area contributed by atoms with E-state index in [1.807, 2.05) is 6.20 Å². The highest BCUT2D eigenvalue weighted by Gasteiger charge is 2.28. The van der Waals surface area contributed by atoms with Crippen molar-refractivity contribution in [1.82, 2.24) is 15.3 Å². The Bertz CT molecular complexity index is 317. The standard InChI is InChI=1S/C13H21N3/c1-11(12-9-14-7-8-15-12)16-10-13(2)5-3-4-6-13/h7-9,11,16H,3-6,10H2,1-2H3. The Balaban J connectivity index is 1.86. The molecule has 0 amide bonds. The summed E-state index contributed by atoms with van der Waals surface area (Å²) in [5.74, 6) is 0. The number of hydrogen-bond donors (Lipinski definition) is 1. The van der Waals surface area contributed by atoms with Gasteiger partial charge < -0.3 is 5.32 Å². The van der Waals surface area contributed by atoms with Crippen molar-refractivity contribution < 1.29 is 0 Å². The third-order valence-corrected chi connectivity index (χ3v) is 3.67. The first kappa shape index (κ1) is 11.5. The zero-order valence-electron chi connectivity index (χ0n) is 10.2. The molecule has 1 atom stereocenters. The maximum atomic E-state index is 4.32. The monoisotopic (exact) mass is 219 g/mol. The molecule has 0 spiro atoms. The molecule has 0 radical (unpaired) electrons. The van der Waals surface area contributed by atoms with Crippen LogP contribution in [-0.2, 0) is 0 Å². The van der Waals surface area contributed by atoms with Crippen molar-refractivity contribution in [2.24, 2.45) is 5.41 Å². The minimum Gasteiger partial charge on any atom is -0.308 e. The molecule has 3 heteroatoms. The first-order chi connectivity index (χ1) is 7.70. The van der Waals surface area contributed by atoms with Crippen molar-refractivity contribution in [3.63, 3.8) is 0 Å². The average Bonchev–Trinajstić information content (AvgIpc) is 2.75. The molecular formula is C13H21N3. The van der Waals surface area contributed by atoms with E-state index in [-0.39, 0.29) is 0 Å². The summed E-state index contributed by atoms with van der Waals surface area (Å²) in [6, 6.07) is 0.297. The van der Waals surface area contributed by atoms with Gasteiger partial charge in [-0.05, 0) is 25.2 Å². The molecule has 1 aromatic heterocycles.